The average molecular weight is 356 g/mol. The molecule has 1 saturated carbocycles. The Balaban J connectivity index is 1.67. The fourth-order valence-electron chi connectivity index (χ4n) is 3.20. The molecule has 0 atom stereocenters. The summed E-state index contributed by atoms with van der Waals surface area (Å²) < 4.78 is 13.7. The topological polar surface area (TPSA) is 49.2 Å². The summed E-state index contributed by atoms with van der Waals surface area (Å²) in [6.45, 7) is 2.00. The molecule has 0 spiro atoms. The summed E-state index contributed by atoms with van der Waals surface area (Å²) in [5.41, 5.74) is 4.00. The molecule has 3 heterocycles. The van der Waals surface area contributed by atoms with Gasteiger partial charge in [0.05, 0.1) is 36.6 Å². The van der Waals surface area contributed by atoms with E-state index in [2.05, 4.69) is 4.98 Å². The first-order chi connectivity index (χ1) is 12.3. The number of pyridine rings is 1. The zero-order chi connectivity index (χ0) is 16.8. The van der Waals surface area contributed by atoms with E-state index in [9.17, 15) is 0 Å². The number of benzene rings is 1. The van der Waals surface area contributed by atoms with Crippen LogP contribution >= 0.6 is 11.6 Å². The van der Waals surface area contributed by atoms with E-state index in [0.29, 0.717) is 24.2 Å². The van der Waals surface area contributed by atoms with E-state index in [1.165, 1.54) is 12.8 Å². The second-order valence-corrected chi connectivity index (χ2v) is 7.13. The molecule has 6 heteroatoms. The van der Waals surface area contributed by atoms with Gasteiger partial charge in [-0.25, -0.2) is 0 Å². The van der Waals surface area contributed by atoms with Crippen molar-refractivity contribution in [1.29, 1.82) is 0 Å². The summed E-state index contributed by atoms with van der Waals surface area (Å²) in [5.74, 6) is 1.42. The molecule has 1 aliphatic heterocycles. The number of fused-ring (bicyclic) bond motifs is 3. The summed E-state index contributed by atoms with van der Waals surface area (Å²) >= 11 is 6.04. The fraction of sp³-hybridized carbons (Fsp3) is 0.368. The van der Waals surface area contributed by atoms with Gasteiger partial charge in [-0.2, -0.15) is 9.78 Å². The van der Waals surface area contributed by atoms with Crippen LogP contribution in [0, 0.1) is 5.92 Å². The third kappa shape index (κ3) is 2.77. The van der Waals surface area contributed by atoms with Gasteiger partial charge in [0.2, 0.25) is 5.88 Å². The third-order valence-electron chi connectivity index (χ3n) is 4.82. The van der Waals surface area contributed by atoms with E-state index in [4.69, 9.17) is 26.2 Å². The van der Waals surface area contributed by atoms with Gasteiger partial charge in [0, 0.05) is 23.2 Å². The molecule has 0 bridgehead atoms. The molecule has 3 aromatic rings. The Bertz CT molecular complexity index is 932. The first-order valence-corrected chi connectivity index (χ1v) is 9.03. The Kier molecular flexibility index (Phi) is 3.64. The molecule has 0 saturated heterocycles. The Morgan fingerprint density at radius 3 is 2.88 bits per heavy atom. The van der Waals surface area contributed by atoms with Gasteiger partial charge < -0.3 is 9.47 Å². The summed E-state index contributed by atoms with van der Waals surface area (Å²) in [5, 5.41) is 6.50. The first kappa shape index (κ1) is 15.2. The van der Waals surface area contributed by atoms with Crippen LogP contribution in [0.15, 0.2) is 30.5 Å². The molecule has 1 aliphatic carbocycles. The van der Waals surface area contributed by atoms with E-state index >= 15 is 0 Å². The van der Waals surface area contributed by atoms with E-state index < -0.39 is 0 Å². The summed E-state index contributed by atoms with van der Waals surface area (Å²) in [6.07, 6.45) is 5.21. The van der Waals surface area contributed by atoms with Crippen LogP contribution in [0.5, 0.6) is 5.88 Å². The Hall–Kier alpha value is -2.11. The van der Waals surface area contributed by atoms with Crippen LogP contribution in [0.25, 0.3) is 16.6 Å². The lowest BCUT2D eigenvalue weighted by atomic mass is 10.1. The van der Waals surface area contributed by atoms with Gasteiger partial charge in [-0.05, 0) is 43.0 Å². The highest BCUT2D eigenvalue weighted by molar-refractivity contribution is 6.30. The fourth-order valence-corrected chi connectivity index (χ4v) is 3.32. The first-order valence-electron chi connectivity index (χ1n) is 8.65. The number of hydrogen-bond acceptors (Lipinski definition) is 4. The van der Waals surface area contributed by atoms with Gasteiger partial charge in [0.15, 0.2) is 0 Å². The van der Waals surface area contributed by atoms with Gasteiger partial charge in [0.25, 0.3) is 0 Å². The van der Waals surface area contributed by atoms with E-state index in [1.54, 1.807) is 0 Å². The van der Waals surface area contributed by atoms with Crippen molar-refractivity contribution in [2.75, 3.05) is 13.2 Å². The van der Waals surface area contributed by atoms with Gasteiger partial charge in [0.1, 0.15) is 5.52 Å². The summed E-state index contributed by atoms with van der Waals surface area (Å²) in [6, 6.07) is 7.64. The molecule has 25 heavy (non-hydrogen) atoms. The van der Waals surface area contributed by atoms with Crippen LogP contribution < -0.4 is 4.74 Å². The maximum atomic E-state index is 6.18. The molecular formula is C19H18ClN3O2. The minimum Gasteiger partial charge on any atom is -0.477 e. The Labute approximate surface area is 150 Å². The van der Waals surface area contributed by atoms with Crippen LogP contribution in [0.3, 0.4) is 0 Å². The van der Waals surface area contributed by atoms with Crippen molar-refractivity contribution < 1.29 is 9.47 Å². The quantitative estimate of drug-likeness (QED) is 0.711. The summed E-state index contributed by atoms with van der Waals surface area (Å²) in [7, 11) is 0. The van der Waals surface area contributed by atoms with E-state index in [0.717, 1.165) is 46.8 Å². The van der Waals surface area contributed by atoms with Crippen molar-refractivity contribution in [1.82, 2.24) is 14.8 Å². The highest BCUT2D eigenvalue weighted by Gasteiger charge is 2.26. The number of aromatic nitrogens is 3. The van der Waals surface area contributed by atoms with Gasteiger partial charge >= 0.3 is 0 Å². The van der Waals surface area contributed by atoms with Gasteiger partial charge in [-0.1, -0.05) is 11.6 Å². The van der Waals surface area contributed by atoms with Crippen molar-refractivity contribution in [3.63, 3.8) is 0 Å². The molecular weight excluding hydrogens is 338 g/mol. The monoisotopic (exact) mass is 355 g/mol. The minimum absolute atomic E-state index is 0.555. The normalized spacial score (nSPS) is 16.8. The predicted octanol–water partition coefficient (Wildman–Crippen LogP) is 3.94. The number of ether oxygens (including phenoxy) is 2. The van der Waals surface area contributed by atoms with Crippen LogP contribution in [0.1, 0.15) is 24.1 Å². The molecule has 0 unspecified atom stereocenters. The largest absolute Gasteiger partial charge is 0.477 e. The molecule has 1 fully saturated rings. The number of nitrogens with zero attached hydrogens (tertiary/aromatic N) is 3. The van der Waals surface area contributed by atoms with Crippen LogP contribution in [0.4, 0.5) is 0 Å². The Morgan fingerprint density at radius 2 is 2.08 bits per heavy atom. The predicted molar refractivity (Wildman–Crippen MR) is 95.5 cm³/mol. The molecule has 5 nitrogen and oxygen atoms in total. The zero-order valence-electron chi connectivity index (χ0n) is 13.7. The second-order valence-electron chi connectivity index (χ2n) is 6.70. The number of hydrogen-bond donors (Lipinski definition) is 0. The van der Waals surface area contributed by atoms with E-state index in [1.807, 2.05) is 35.1 Å². The highest BCUT2D eigenvalue weighted by atomic mass is 35.5. The molecule has 0 amide bonds. The van der Waals surface area contributed by atoms with Crippen molar-refractivity contribution in [3.8, 4) is 11.6 Å². The molecule has 2 aliphatic rings. The van der Waals surface area contributed by atoms with E-state index in [-0.39, 0.29) is 0 Å². The van der Waals surface area contributed by atoms with Gasteiger partial charge in [-0.3, -0.25) is 4.98 Å². The van der Waals surface area contributed by atoms with Crippen LogP contribution in [0.2, 0.25) is 5.02 Å². The van der Waals surface area contributed by atoms with Crippen molar-refractivity contribution in [2.24, 2.45) is 5.92 Å². The SMILES string of the molecule is Clc1ccc(-n2nc3c4c(ncc3c2OCC2CC2)CCOC4)cc1. The smallest absolute Gasteiger partial charge is 0.226 e. The van der Waals surface area contributed by atoms with Crippen LogP contribution in [-0.2, 0) is 17.8 Å². The maximum absolute atomic E-state index is 6.18. The van der Waals surface area contributed by atoms with Crippen molar-refractivity contribution in [2.45, 2.75) is 25.9 Å². The number of halogens is 1. The van der Waals surface area contributed by atoms with Gasteiger partial charge in [-0.15, -0.1) is 0 Å². The second kappa shape index (κ2) is 6.00. The molecule has 5 rings (SSSR count). The van der Waals surface area contributed by atoms with Crippen molar-refractivity contribution >= 4 is 22.5 Å². The minimum atomic E-state index is 0.555. The van der Waals surface area contributed by atoms with Crippen molar-refractivity contribution in [3.05, 3.63) is 46.7 Å². The summed E-state index contributed by atoms with van der Waals surface area (Å²) in [4.78, 5) is 4.64. The lowest BCUT2D eigenvalue weighted by Crippen LogP contribution is -2.12. The average Bonchev–Trinajstić information content (AvgIpc) is 3.40. The molecule has 0 radical (unpaired) electrons. The Morgan fingerprint density at radius 1 is 1.24 bits per heavy atom. The molecule has 128 valence electrons. The zero-order valence-corrected chi connectivity index (χ0v) is 14.5. The molecule has 0 N–H and O–H groups in total. The maximum Gasteiger partial charge on any atom is 0.226 e. The molecule has 2 aromatic heterocycles. The number of rotatable bonds is 4. The van der Waals surface area contributed by atoms with Crippen LogP contribution in [-0.4, -0.2) is 28.0 Å². The highest BCUT2D eigenvalue weighted by Crippen LogP contribution is 2.35. The third-order valence-corrected chi connectivity index (χ3v) is 5.07. The lowest BCUT2D eigenvalue weighted by Gasteiger charge is -2.15. The molecule has 1 aromatic carbocycles. The standard InChI is InChI=1S/C19H18ClN3O2/c20-13-3-5-14(6-4-13)23-19(25-10-12-1-2-12)15-9-21-17-7-8-24-11-16(17)18(15)22-23/h3-6,9,12H,1-2,7-8,10-11H2. The lowest BCUT2D eigenvalue weighted by molar-refractivity contribution is 0.110.